The van der Waals surface area contributed by atoms with Crippen LogP contribution in [0.4, 0.5) is 24.9 Å². The van der Waals surface area contributed by atoms with Crippen LogP contribution in [0.3, 0.4) is 0 Å². The van der Waals surface area contributed by atoms with Crippen molar-refractivity contribution in [3.8, 4) is 0 Å². The van der Waals surface area contributed by atoms with Gasteiger partial charge in [-0.1, -0.05) is 20.8 Å². The van der Waals surface area contributed by atoms with Crippen molar-refractivity contribution in [1.82, 2.24) is 9.97 Å². The fourth-order valence-electron chi connectivity index (χ4n) is 1.65. The molecule has 0 aliphatic heterocycles. The third-order valence-electron chi connectivity index (χ3n) is 3.42. The van der Waals surface area contributed by atoms with E-state index in [1.807, 2.05) is 27.7 Å². The second-order valence-electron chi connectivity index (χ2n) is 5.84. The molecule has 1 aromatic rings. The summed E-state index contributed by atoms with van der Waals surface area (Å²) < 4.78 is 38.5. The van der Waals surface area contributed by atoms with E-state index in [4.69, 9.17) is 0 Å². The topological polar surface area (TPSA) is 41.1 Å². The molecular formula is C13H21F3N4. The zero-order chi connectivity index (χ0) is 15.7. The van der Waals surface area contributed by atoms with E-state index in [1.165, 1.54) is 7.05 Å². The standard InChI is InChI=1S/C13H21F3N4/c1-8(12(2,3)4)20(6)10-7-9(13(14,15)16)18-11(17-5)19-10/h7-8H,1-6H3,(H,17,18,19). The third-order valence-corrected chi connectivity index (χ3v) is 3.42. The number of aromatic nitrogens is 2. The molecule has 1 atom stereocenters. The van der Waals surface area contributed by atoms with Crippen LogP contribution < -0.4 is 10.2 Å². The monoisotopic (exact) mass is 290 g/mol. The van der Waals surface area contributed by atoms with Gasteiger partial charge in [-0.15, -0.1) is 0 Å². The van der Waals surface area contributed by atoms with E-state index in [0.29, 0.717) is 0 Å². The summed E-state index contributed by atoms with van der Waals surface area (Å²) in [5, 5.41) is 2.56. The lowest BCUT2D eigenvalue weighted by molar-refractivity contribution is -0.141. The molecule has 0 bridgehead atoms. The summed E-state index contributed by atoms with van der Waals surface area (Å²) in [6.07, 6.45) is -4.49. The molecule has 114 valence electrons. The maximum atomic E-state index is 12.8. The summed E-state index contributed by atoms with van der Waals surface area (Å²) in [5.41, 5.74) is -1.03. The van der Waals surface area contributed by atoms with Crippen LogP contribution in [0.2, 0.25) is 0 Å². The molecule has 0 saturated carbocycles. The molecule has 7 heteroatoms. The molecule has 1 N–H and O–H groups in total. The molecule has 1 unspecified atom stereocenters. The SMILES string of the molecule is CNc1nc(N(C)C(C)C(C)(C)C)cc(C(F)(F)F)n1. The van der Waals surface area contributed by atoms with E-state index in [1.54, 1.807) is 11.9 Å². The quantitative estimate of drug-likeness (QED) is 0.926. The van der Waals surface area contributed by atoms with Crippen LogP contribution in [0, 0.1) is 5.41 Å². The first-order valence-electron chi connectivity index (χ1n) is 6.33. The number of alkyl halides is 3. The molecule has 0 aliphatic rings. The lowest BCUT2D eigenvalue weighted by Crippen LogP contribution is -2.40. The highest BCUT2D eigenvalue weighted by atomic mass is 19.4. The van der Waals surface area contributed by atoms with Gasteiger partial charge in [-0.2, -0.15) is 18.2 Å². The van der Waals surface area contributed by atoms with Crippen molar-refractivity contribution in [1.29, 1.82) is 0 Å². The number of nitrogens with one attached hydrogen (secondary N) is 1. The summed E-state index contributed by atoms with van der Waals surface area (Å²) in [4.78, 5) is 9.29. The second kappa shape index (κ2) is 5.46. The second-order valence-corrected chi connectivity index (χ2v) is 5.84. The summed E-state index contributed by atoms with van der Waals surface area (Å²) in [7, 11) is 3.23. The van der Waals surface area contributed by atoms with Gasteiger partial charge in [0.25, 0.3) is 0 Å². The number of anilines is 2. The Morgan fingerprint density at radius 1 is 1.20 bits per heavy atom. The summed E-state index contributed by atoms with van der Waals surface area (Å²) in [6, 6.07) is 0.992. The van der Waals surface area contributed by atoms with Gasteiger partial charge in [0, 0.05) is 26.2 Å². The molecule has 1 aromatic heterocycles. The Labute approximate surface area is 117 Å². The Hall–Kier alpha value is -1.53. The first-order chi connectivity index (χ1) is 8.96. The van der Waals surface area contributed by atoms with Crippen LogP contribution in [0.25, 0.3) is 0 Å². The van der Waals surface area contributed by atoms with Gasteiger partial charge in [-0.25, -0.2) is 4.98 Å². The van der Waals surface area contributed by atoms with E-state index in [-0.39, 0.29) is 23.2 Å². The maximum absolute atomic E-state index is 12.8. The van der Waals surface area contributed by atoms with Crippen molar-refractivity contribution in [2.45, 2.75) is 39.9 Å². The van der Waals surface area contributed by atoms with Crippen molar-refractivity contribution in [3.05, 3.63) is 11.8 Å². The van der Waals surface area contributed by atoms with Gasteiger partial charge < -0.3 is 10.2 Å². The number of hydrogen-bond acceptors (Lipinski definition) is 4. The van der Waals surface area contributed by atoms with E-state index >= 15 is 0 Å². The molecule has 4 nitrogen and oxygen atoms in total. The Morgan fingerprint density at radius 3 is 2.15 bits per heavy atom. The highest BCUT2D eigenvalue weighted by Crippen LogP contribution is 2.32. The van der Waals surface area contributed by atoms with Gasteiger partial charge in [-0.3, -0.25) is 0 Å². The Kier molecular flexibility index (Phi) is 4.51. The number of rotatable bonds is 3. The molecule has 0 aromatic carbocycles. The Morgan fingerprint density at radius 2 is 1.75 bits per heavy atom. The first kappa shape index (κ1) is 16.5. The molecular weight excluding hydrogens is 269 g/mol. The Bertz CT molecular complexity index is 466. The lowest BCUT2D eigenvalue weighted by atomic mass is 9.87. The molecule has 0 amide bonds. The van der Waals surface area contributed by atoms with E-state index in [2.05, 4.69) is 15.3 Å². The summed E-state index contributed by atoms with van der Waals surface area (Å²) >= 11 is 0. The predicted octanol–water partition coefficient (Wildman–Crippen LogP) is 3.41. The minimum Gasteiger partial charge on any atom is -0.357 e. The summed E-state index contributed by atoms with van der Waals surface area (Å²) in [6.45, 7) is 8.03. The molecule has 0 aliphatic carbocycles. The average Bonchev–Trinajstić information content (AvgIpc) is 2.34. The van der Waals surface area contributed by atoms with Gasteiger partial charge in [0.2, 0.25) is 5.95 Å². The highest BCUT2D eigenvalue weighted by Gasteiger charge is 2.35. The predicted molar refractivity (Wildman–Crippen MR) is 73.9 cm³/mol. The van der Waals surface area contributed by atoms with Gasteiger partial charge in [0.15, 0.2) is 5.69 Å². The minimum atomic E-state index is -4.49. The van der Waals surface area contributed by atoms with Gasteiger partial charge in [0.05, 0.1) is 0 Å². The van der Waals surface area contributed by atoms with Gasteiger partial charge >= 0.3 is 6.18 Å². The van der Waals surface area contributed by atoms with Gasteiger partial charge in [-0.05, 0) is 12.3 Å². The molecule has 0 fully saturated rings. The molecule has 0 saturated heterocycles. The normalized spacial score (nSPS) is 14.1. The van der Waals surface area contributed by atoms with Crippen LogP contribution in [-0.4, -0.2) is 30.1 Å². The number of hydrogen-bond donors (Lipinski definition) is 1. The smallest absolute Gasteiger partial charge is 0.357 e. The van der Waals surface area contributed by atoms with Crippen LogP contribution >= 0.6 is 0 Å². The van der Waals surface area contributed by atoms with Crippen molar-refractivity contribution in [3.63, 3.8) is 0 Å². The summed E-state index contributed by atoms with van der Waals surface area (Å²) in [5.74, 6) is 0.210. The van der Waals surface area contributed by atoms with Gasteiger partial charge in [0.1, 0.15) is 5.82 Å². The van der Waals surface area contributed by atoms with Crippen molar-refractivity contribution in [2.75, 3.05) is 24.3 Å². The number of halogens is 3. The van der Waals surface area contributed by atoms with E-state index in [0.717, 1.165) is 6.07 Å². The zero-order valence-electron chi connectivity index (χ0n) is 12.6. The minimum absolute atomic E-state index is 0.0168. The highest BCUT2D eigenvalue weighted by molar-refractivity contribution is 5.45. The van der Waals surface area contributed by atoms with E-state index < -0.39 is 11.9 Å². The van der Waals surface area contributed by atoms with Crippen LogP contribution in [0.15, 0.2) is 6.07 Å². The Balaban J connectivity index is 3.24. The van der Waals surface area contributed by atoms with Crippen molar-refractivity contribution < 1.29 is 13.2 Å². The van der Waals surface area contributed by atoms with Crippen molar-refractivity contribution >= 4 is 11.8 Å². The van der Waals surface area contributed by atoms with Crippen LogP contribution in [-0.2, 0) is 6.18 Å². The van der Waals surface area contributed by atoms with Crippen LogP contribution in [0.1, 0.15) is 33.4 Å². The third kappa shape index (κ3) is 3.74. The lowest BCUT2D eigenvalue weighted by Gasteiger charge is -2.36. The fourth-order valence-corrected chi connectivity index (χ4v) is 1.65. The fraction of sp³-hybridized carbons (Fsp3) is 0.692. The molecule has 1 rings (SSSR count). The number of nitrogens with zero attached hydrogens (tertiary/aromatic N) is 3. The first-order valence-corrected chi connectivity index (χ1v) is 6.33. The maximum Gasteiger partial charge on any atom is 0.433 e. The molecule has 0 radical (unpaired) electrons. The molecule has 20 heavy (non-hydrogen) atoms. The largest absolute Gasteiger partial charge is 0.433 e. The molecule has 0 spiro atoms. The molecule has 1 heterocycles. The average molecular weight is 290 g/mol. The van der Waals surface area contributed by atoms with E-state index in [9.17, 15) is 13.2 Å². The zero-order valence-corrected chi connectivity index (χ0v) is 12.6. The van der Waals surface area contributed by atoms with Crippen LogP contribution in [0.5, 0.6) is 0 Å². The van der Waals surface area contributed by atoms with Crippen molar-refractivity contribution in [2.24, 2.45) is 5.41 Å².